The minimum Gasteiger partial charge on any atom is -0.444 e. The first-order valence-electron chi connectivity index (χ1n) is 10.3. The minimum absolute atomic E-state index is 0.167. The predicted octanol–water partition coefficient (Wildman–Crippen LogP) is 3.72. The van der Waals surface area contributed by atoms with Crippen molar-refractivity contribution in [3.63, 3.8) is 0 Å². The molecule has 4 aromatic heterocycles. The molecule has 10 heteroatoms. The number of carbonyl (C=O) groups excluding carboxylic acids is 1. The number of carbonyl (C=O) groups is 1. The van der Waals surface area contributed by atoms with Crippen LogP contribution in [0, 0.1) is 5.92 Å². The number of rotatable bonds is 5. The summed E-state index contributed by atoms with van der Waals surface area (Å²) in [6.45, 7) is 2.28. The van der Waals surface area contributed by atoms with Crippen LogP contribution in [0.2, 0.25) is 0 Å². The van der Waals surface area contributed by atoms with E-state index in [4.69, 9.17) is 9.52 Å². The van der Waals surface area contributed by atoms with Crippen LogP contribution in [-0.2, 0) is 0 Å². The Hall–Kier alpha value is -3.82. The Morgan fingerprint density at radius 2 is 2.10 bits per heavy atom. The van der Waals surface area contributed by atoms with Gasteiger partial charge in [-0.15, -0.1) is 0 Å². The molecule has 0 aromatic carbocycles. The van der Waals surface area contributed by atoms with Gasteiger partial charge in [-0.05, 0) is 31.6 Å². The summed E-state index contributed by atoms with van der Waals surface area (Å²) in [5.41, 5.74) is 2.58. The van der Waals surface area contributed by atoms with Gasteiger partial charge in [-0.2, -0.15) is 10.2 Å². The highest BCUT2D eigenvalue weighted by Gasteiger charge is 2.24. The molecule has 0 saturated heterocycles. The second-order valence-electron chi connectivity index (χ2n) is 7.85. The highest BCUT2D eigenvalue weighted by atomic mass is 16.3. The van der Waals surface area contributed by atoms with E-state index in [0.717, 1.165) is 18.8 Å². The Morgan fingerprint density at radius 1 is 1.23 bits per heavy atom. The zero-order valence-electron chi connectivity index (χ0n) is 17.0. The van der Waals surface area contributed by atoms with Crippen molar-refractivity contribution in [3.05, 3.63) is 49.1 Å². The van der Waals surface area contributed by atoms with Crippen LogP contribution in [0.1, 0.15) is 49.1 Å². The molecule has 0 atom stereocenters. The van der Waals surface area contributed by atoms with E-state index in [-0.39, 0.29) is 11.6 Å². The third-order valence-electron chi connectivity index (χ3n) is 5.63. The SMILES string of the molecule is CC1CCC(n2cc(NC(=O)c3coc(-c4cn[nH]c4)n3)c(-c3cnccn3)n2)CC1. The van der Waals surface area contributed by atoms with E-state index in [1.54, 1.807) is 31.0 Å². The molecule has 31 heavy (non-hydrogen) atoms. The van der Waals surface area contributed by atoms with Crippen molar-refractivity contribution in [2.45, 2.75) is 38.6 Å². The lowest BCUT2D eigenvalue weighted by Gasteiger charge is -2.26. The molecule has 5 rings (SSSR count). The molecule has 0 spiro atoms. The van der Waals surface area contributed by atoms with Crippen molar-refractivity contribution >= 4 is 11.6 Å². The fourth-order valence-electron chi connectivity index (χ4n) is 3.85. The molecule has 10 nitrogen and oxygen atoms in total. The highest BCUT2D eigenvalue weighted by molar-refractivity contribution is 6.04. The maximum absolute atomic E-state index is 12.9. The number of nitrogens with zero attached hydrogens (tertiary/aromatic N) is 6. The van der Waals surface area contributed by atoms with Crippen LogP contribution in [0.4, 0.5) is 5.69 Å². The second-order valence-corrected chi connectivity index (χ2v) is 7.85. The molecular weight excluding hydrogens is 396 g/mol. The van der Waals surface area contributed by atoms with Crippen molar-refractivity contribution < 1.29 is 9.21 Å². The second kappa shape index (κ2) is 8.13. The van der Waals surface area contributed by atoms with Crippen molar-refractivity contribution in [1.82, 2.24) is 34.9 Å². The average molecular weight is 418 g/mol. The molecule has 4 heterocycles. The van der Waals surface area contributed by atoms with Gasteiger partial charge < -0.3 is 9.73 Å². The number of aromatic amines is 1. The van der Waals surface area contributed by atoms with Crippen LogP contribution in [0.5, 0.6) is 0 Å². The van der Waals surface area contributed by atoms with E-state index in [1.807, 2.05) is 10.9 Å². The Kier molecular flexibility index (Phi) is 5.03. The summed E-state index contributed by atoms with van der Waals surface area (Å²) >= 11 is 0. The average Bonchev–Trinajstić information content (AvgIpc) is 3.55. The summed E-state index contributed by atoms with van der Waals surface area (Å²) in [4.78, 5) is 25.6. The van der Waals surface area contributed by atoms with Gasteiger partial charge in [-0.3, -0.25) is 24.5 Å². The Labute approximate surface area is 178 Å². The van der Waals surface area contributed by atoms with Crippen molar-refractivity contribution in [1.29, 1.82) is 0 Å². The predicted molar refractivity (Wildman–Crippen MR) is 112 cm³/mol. The van der Waals surface area contributed by atoms with Gasteiger partial charge in [0.05, 0.1) is 29.7 Å². The molecule has 1 aliphatic carbocycles. The number of H-pyrrole nitrogens is 1. The zero-order valence-corrected chi connectivity index (χ0v) is 17.0. The number of hydrogen-bond acceptors (Lipinski definition) is 7. The van der Waals surface area contributed by atoms with Gasteiger partial charge in [0.15, 0.2) is 5.69 Å². The maximum Gasteiger partial charge on any atom is 0.277 e. The number of anilines is 1. The molecule has 0 unspecified atom stereocenters. The van der Waals surface area contributed by atoms with Crippen LogP contribution < -0.4 is 5.32 Å². The fourth-order valence-corrected chi connectivity index (χ4v) is 3.85. The van der Waals surface area contributed by atoms with Gasteiger partial charge in [-0.25, -0.2) is 4.98 Å². The van der Waals surface area contributed by atoms with Gasteiger partial charge in [0.2, 0.25) is 5.89 Å². The summed E-state index contributed by atoms with van der Waals surface area (Å²) < 4.78 is 7.37. The third-order valence-corrected chi connectivity index (χ3v) is 5.63. The molecule has 1 saturated carbocycles. The first kappa shape index (κ1) is 19.2. The lowest BCUT2D eigenvalue weighted by Crippen LogP contribution is -2.17. The number of amides is 1. The first-order chi connectivity index (χ1) is 15.2. The molecule has 0 aliphatic heterocycles. The lowest BCUT2D eigenvalue weighted by atomic mass is 9.87. The van der Waals surface area contributed by atoms with Crippen molar-refractivity contribution in [2.24, 2.45) is 5.92 Å². The maximum atomic E-state index is 12.9. The van der Waals surface area contributed by atoms with E-state index in [1.165, 1.54) is 19.1 Å². The lowest BCUT2D eigenvalue weighted by molar-refractivity contribution is 0.102. The summed E-state index contributed by atoms with van der Waals surface area (Å²) in [6, 6.07) is 0.303. The largest absolute Gasteiger partial charge is 0.444 e. The standard InChI is InChI=1S/C21H22N8O2/c1-13-2-4-15(5-3-13)29-11-17(19(28-29)16-10-22-6-7-23-16)26-20(30)18-12-31-21(27-18)14-8-24-25-9-14/h6-13,15H,2-5H2,1H3,(H,24,25)(H,26,30). The van der Waals surface area contributed by atoms with E-state index in [0.29, 0.717) is 34.6 Å². The fraction of sp³-hybridized carbons (Fsp3) is 0.333. The molecule has 0 radical (unpaired) electrons. The number of aromatic nitrogens is 7. The molecule has 1 amide bonds. The van der Waals surface area contributed by atoms with E-state index in [2.05, 4.69) is 37.4 Å². The van der Waals surface area contributed by atoms with Crippen molar-refractivity contribution in [2.75, 3.05) is 5.32 Å². The van der Waals surface area contributed by atoms with Gasteiger partial charge in [0, 0.05) is 24.8 Å². The van der Waals surface area contributed by atoms with Crippen LogP contribution in [0.15, 0.2) is 47.9 Å². The minimum atomic E-state index is -0.388. The van der Waals surface area contributed by atoms with Gasteiger partial charge in [0.25, 0.3) is 5.91 Å². The zero-order chi connectivity index (χ0) is 21.2. The smallest absolute Gasteiger partial charge is 0.277 e. The van der Waals surface area contributed by atoms with Gasteiger partial charge in [0.1, 0.15) is 17.7 Å². The Bertz CT molecular complexity index is 1160. The quantitative estimate of drug-likeness (QED) is 0.505. The molecule has 2 N–H and O–H groups in total. The van der Waals surface area contributed by atoms with E-state index < -0.39 is 0 Å². The third kappa shape index (κ3) is 3.96. The van der Waals surface area contributed by atoms with Gasteiger partial charge >= 0.3 is 0 Å². The molecule has 4 aromatic rings. The Balaban J connectivity index is 1.42. The van der Waals surface area contributed by atoms with E-state index >= 15 is 0 Å². The topological polar surface area (TPSA) is 127 Å². The van der Waals surface area contributed by atoms with Crippen LogP contribution in [0.25, 0.3) is 22.8 Å². The monoisotopic (exact) mass is 418 g/mol. The molecule has 1 fully saturated rings. The number of hydrogen-bond donors (Lipinski definition) is 2. The number of nitrogens with one attached hydrogen (secondary N) is 2. The Morgan fingerprint density at radius 3 is 2.84 bits per heavy atom. The summed E-state index contributed by atoms with van der Waals surface area (Å²) in [5, 5.41) is 14.2. The molecule has 0 bridgehead atoms. The van der Waals surface area contributed by atoms with E-state index in [9.17, 15) is 4.79 Å². The normalized spacial score (nSPS) is 18.7. The molecular formula is C21H22N8O2. The highest BCUT2D eigenvalue weighted by Crippen LogP contribution is 2.34. The molecule has 158 valence electrons. The van der Waals surface area contributed by atoms with Crippen LogP contribution in [-0.4, -0.2) is 40.8 Å². The summed E-state index contributed by atoms with van der Waals surface area (Å²) in [7, 11) is 0. The van der Waals surface area contributed by atoms with Crippen LogP contribution in [0.3, 0.4) is 0 Å². The van der Waals surface area contributed by atoms with Gasteiger partial charge in [-0.1, -0.05) is 6.92 Å². The molecule has 1 aliphatic rings. The number of oxazole rings is 1. The first-order valence-corrected chi connectivity index (χ1v) is 10.3. The summed E-state index contributed by atoms with van der Waals surface area (Å²) in [5.74, 6) is 0.669. The van der Waals surface area contributed by atoms with Crippen molar-refractivity contribution in [3.8, 4) is 22.8 Å². The summed E-state index contributed by atoms with van der Waals surface area (Å²) in [6.07, 6.45) is 15.7. The van der Waals surface area contributed by atoms with Crippen LogP contribution >= 0.6 is 0 Å².